The summed E-state index contributed by atoms with van der Waals surface area (Å²) in [6, 6.07) is 8.63. The normalized spacial score (nSPS) is 11.1. The van der Waals surface area contributed by atoms with Crippen LogP contribution in [-0.2, 0) is 12.7 Å². The van der Waals surface area contributed by atoms with Crippen LogP contribution >= 0.6 is 11.3 Å². The number of halogens is 3. The Morgan fingerprint density at radius 3 is 2.65 bits per heavy atom. The summed E-state index contributed by atoms with van der Waals surface area (Å²) in [6.45, 7) is 0.231. The molecule has 0 aliphatic carbocycles. The number of rotatable bonds is 3. The van der Waals surface area contributed by atoms with Gasteiger partial charge in [0.05, 0.1) is 16.3 Å². The maximum Gasteiger partial charge on any atom is 0.416 e. The van der Waals surface area contributed by atoms with E-state index in [4.69, 9.17) is 11.0 Å². The maximum absolute atomic E-state index is 12.6. The minimum absolute atomic E-state index is 0.231. The number of benzene rings is 1. The molecular weight excluding hydrogens is 287 g/mol. The number of hydrogen-bond donors (Lipinski definition) is 2. The molecule has 0 atom stereocenters. The van der Waals surface area contributed by atoms with Crippen molar-refractivity contribution in [2.75, 3.05) is 11.1 Å². The topological polar surface area (TPSA) is 61.8 Å². The fraction of sp³-hybridized carbons (Fsp3) is 0.154. The summed E-state index contributed by atoms with van der Waals surface area (Å²) in [5.41, 5.74) is 5.79. The number of anilines is 2. The number of nitrogens with one attached hydrogen (secondary N) is 1. The monoisotopic (exact) mass is 297 g/mol. The number of nitrogens with two attached hydrogens (primary N) is 1. The van der Waals surface area contributed by atoms with Gasteiger partial charge in [-0.25, -0.2) is 0 Å². The molecular formula is C13H10F3N3S. The van der Waals surface area contributed by atoms with Crippen molar-refractivity contribution in [3.05, 3.63) is 46.3 Å². The number of nitrogen functional groups attached to an aromatic ring is 1. The molecule has 0 saturated heterocycles. The van der Waals surface area contributed by atoms with Crippen molar-refractivity contribution in [3.8, 4) is 6.07 Å². The van der Waals surface area contributed by atoms with E-state index in [0.717, 1.165) is 12.1 Å². The first-order chi connectivity index (χ1) is 9.40. The lowest BCUT2D eigenvalue weighted by Crippen LogP contribution is -2.06. The van der Waals surface area contributed by atoms with Crippen LogP contribution in [0.1, 0.15) is 16.0 Å². The van der Waals surface area contributed by atoms with Gasteiger partial charge >= 0.3 is 6.18 Å². The standard InChI is InChI=1S/C13H10F3N3S/c14-13(15,16)9-3-1-2-8(4-9)7-19-12-5-10(18)11(6-17)20-12/h1-5,19H,7,18H2. The number of thiophene rings is 1. The zero-order valence-electron chi connectivity index (χ0n) is 10.2. The molecule has 0 unspecified atom stereocenters. The molecule has 0 radical (unpaired) electrons. The highest BCUT2D eigenvalue weighted by molar-refractivity contribution is 7.17. The third kappa shape index (κ3) is 3.22. The molecule has 0 saturated carbocycles. The van der Waals surface area contributed by atoms with Gasteiger partial charge in [-0.15, -0.1) is 11.3 Å². The lowest BCUT2D eigenvalue weighted by atomic mass is 10.1. The Kier molecular flexibility index (Phi) is 3.86. The Balaban J connectivity index is 2.09. The average Bonchev–Trinajstić information content (AvgIpc) is 2.76. The van der Waals surface area contributed by atoms with E-state index in [2.05, 4.69) is 5.32 Å². The SMILES string of the molecule is N#Cc1sc(NCc2cccc(C(F)(F)F)c2)cc1N. The van der Waals surface area contributed by atoms with Gasteiger partial charge in [0.1, 0.15) is 10.9 Å². The Bertz CT molecular complexity index is 656. The van der Waals surface area contributed by atoms with Crippen LogP contribution in [-0.4, -0.2) is 0 Å². The van der Waals surface area contributed by atoms with E-state index >= 15 is 0 Å². The molecule has 0 bridgehead atoms. The van der Waals surface area contributed by atoms with Crippen LogP contribution < -0.4 is 11.1 Å². The third-order valence-electron chi connectivity index (χ3n) is 2.58. The summed E-state index contributed by atoms with van der Waals surface area (Å²) < 4.78 is 37.7. The van der Waals surface area contributed by atoms with Gasteiger partial charge in [0.2, 0.25) is 0 Å². The van der Waals surface area contributed by atoms with Gasteiger partial charge in [-0.05, 0) is 23.8 Å². The van der Waals surface area contributed by atoms with E-state index in [1.165, 1.54) is 17.4 Å². The minimum atomic E-state index is -4.35. The molecule has 0 amide bonds. The maximum atomic E-state index is 12.6. The van der Waals surface area contributed by atoms with E-state index in [1.54, 1.807) is 12.1 Å². The number of alkyl halides is 3. The van der Waals surface area contributed by atoms with Crippen LogP contribution in [0.2, 0.25) is 0 Å². The van der Waals surface area contributed by atoms with Crippen LogP contribution in [0, 0.1) is 11.3 Å². The van der Waals surface area contributed by atoms with Gasteiger partial charge in [-0.2, -0.15) is 18.4 Å². The lowest BCUT2D eigenvalue weighted by molar-refractivity contribution is -0.137. The van der Waals surface area contributed by atoms with E-state index in [9.17, 15) is 13.2 Å². The van der Waals surface area contributed by atoms with Gasteiger partial charge in [0.25, 0.3) is 0 Å². The lowest BCUT2D eigenvalue weighted by Gasteiger charge is -2.09. The second kappa shape index (κ2) is 5.43. The highest BCUT2D eigenvalue weighted by Gasteiger charge is 2.30. The Morgan fingerprint density at radius 2 is 2.05 bits per heavy atom. The zero-order valence-corrected chi connectivity index (χ0v) is 11.0. The first kappa shape index (κ1) is 14.2. The van der Waals surface area contributed by atoms with Crippen molar-refractivity contribution in [1.82, 2.24) is 0 Å². The molecule has 0 fully saturated rings. The van der Waals surface area contributed by atoms with Gasteiger partial charge < -0.3 is 11.1 Å². The smallest absolute Gasteiger partial charge is 0.397 e. The molecule has 3 nitrogen and oxygen atoms in total. The molecule has 1 heterocycles. The first-order valence-corrected chi connectivity index (χ1v) is 6.41. The number of nitriles is 1. The van der Waals surface area contributed by atoms with Crippen LogP contribution in [0.25, 0.3) is 0 Å². The second-order valence-corrected chi connectivity index (χ2v) is 5.11. The molecule has 0 aliphatic heterocycles. The fourth-order valence-electron chi connectivity index (χ4n) is 1.63. The molecule has 20 heavy (non-hydrogen) atoms. The fourth-order valence-corrected chi connectivity index (χ4v) is 2.40. The quantitative estimate of drug-likeness (QED) is 0.905. The van der Waals surface area contributed by atoms with Crippen molar-refractivity contribution in [2.45, 2.75) is 12.7 Å². The van der Waals surface area contributed by atoms with Crippen LogP contribution in [0.3, 0.4) is 0 Å². The summed E-state index contributed by atoms with van der Waals surface area (Å²) in [7, 11) is 0. The van der Waals surface area contributed by atoms with Crippen LogP contribution in [0.15, 0.2) is 30.3 Å². The minimum Gasteiger partial charge on any atom is -0.397 e. The van der Waals surface area contributed by atoms with E-state index < -0.39 is 11.7 Å². The van der Waals surface area contributed by atoms with Gasteiger partial charge in [-0.3, -0.25) is 0 Å². The zero-order chi connectivity index (χ0) is 14.8. The molecule has 1 aromatic heterocycles. The summed E-state index contributed by atoms with van der Waals surface area (Å²) in [6.07, 6.45) is -4.35. The van der Waals surface area contributed by atoms with Gasteiger partial charge in [-0.1, -0.05) is 12.1 Å². The molecule has 1 aromatic carbocycles. The molecule has 0 spiro atoms. The van der Waals surface area contributed by atoms with Crippen molar-refractivity contribution in [2.24, 2.45) is 0 Å². The largest absolute Gasteiger partial charge is 0.416 e. The Hall–Kier alpha value is -2.20. The summed E-state index contributed by atoms with van der Waals surface area (Å²) in [5.74, 6) is 0. The predicted molar refractivity (Wildman–Crippen MR) is 72.2 cm³/mol. The molecule has 7 heteroatoms. The van der Waals surface area contributed by atoms with E-state index in [-0.39, 0.29) is 6.54 Å². The summed E-state index contributed by atoms with van der Waals surface area (Å²) >= 11 is 1.17. The van der Waals surface area contributed by atoms with E-state index in [0.29, 0.717) is 21.1 Å². The highest BCUT2D eigenvalue weighted by atomic mass is 32.1. The Morgan fingerprint density at radius 1 is 1.30 bits per heavy atom. The van der Waals surface area contributed by atoms with Crippen LogP contribution in [0.4, 0.5) is 23.9 Å². The summed E-state index contributed by atoms with van der Waals surface area (Å²) in [5, 5.41) is 12.4. The van der Waals surface area contributed by atoms with Crippen molar-refractivity contribution >= 4 is 22.0 Å². The predicted octanol–water partition coefficient (Wildman–Crippen LogP) is 3.83. The van der Waals surface area contributed by atoms with Gasteiger partial charge in [0, 0.05) is 6.54 Å². The highest BCUT2D eigenvalue weighted by Crippen LogP contribution is 2.31. The molecule has 2 aromatic rings. The van der Waals surface area contributed by atoms with Crippen molar-refractivity contribution in [3.63, 3.8) is 0 Å². The molecule has 3 N–H and O–H groups in total. The van der Waals surface area contributed by atoms with Gasteiger partial charge in [0.15, 0.2) is 0 Å². The molecule has 104 valence electrons. The van der Waals surface area contributed by atoms with Crippen molar-refractivity contribution < 1.29 is 13.2 Å². The molecule has 0 aliphatic rings. The summed E-state index contributed by atoms with van der Waals surface area (Å²) in [4.78, 5) is 0.386. The number of nitrogens with zero attached hydrogens (tertiary/aromatic N) is 1. The second-order valence-electron chi connectivity index (χ2n) is 4.06. The third-order valence-corrected chi connectivity index (χ3v) is 3.60. The van der Waals surface area contributed by atoms with Crippen LogP contribution in [0.5, 0.6) is 0 Å². The van der Waals surface area contributed by atoms with E-state index in [1.807, 2.05) is 6.07 Å². The first-order valence-electron chi connectivity index (χ1n) is 5.59. The average molecular weight is 297 g/mol. The Labute approximate surface area is 117 Å². The van der Waals surface area contributed by atoms with Crippen molar-refractivity contribution in [1.29, 1.82) is 5.26 Å². The number of hydrogen-bond acceptors (Lipinski definition) is 4. The molecule has 2 rings (SSSR count).